The molecule has 0 amide bonds. The Morgan fingerprint density at radius 3 is 2.53 bits per heavy atom. The minimum Gasteiger partial charge on any atom is -0.346 e. The second kappa shape index (κ2) is 8.07. The van der Waals surface area contributed by atoms with Gasteiger partial charge in [0.05, 0.1) is 0 Å². The van der Waals surface area contributed by atoms with Crippen LogP contribution in [-0.2, 0) is 25.4 Å². The van der Waals surface area contributed by atoms with Gasteiger partial charge in [-0.15, -0.1) is 0 Å². The molecule has 0 saturated heterocycles. The molecule has 0 unspecified atom stereocenters. The van der Waals surface area contributed by atoms with Crippen LogP contribution in [0.1, 0.15) is 33.6 Å². The number of nitrogens with zero attached hydrogens (tertiary/aromatic N) is 3. The lowest BCUT2D eigenvalue weighted by molar-refractivity contribution is -0.141. The molecule has 8 heteroatoms. The average molecular weight is 431 g/mol. The summed E-state index contributed by atoms with van der Waals surface area (Å²) in [6, 6.07) is 8.37. The van der Waals surface area contributed by atoms with Crippen LogP contribution in [0.4, 0.5) is 13.2 Å². The maximum absolute atomic E-state index is 12.6. The number of fused-ring (bicyclic) bond motifs is 1. The molecule has 0 atom stereocenters. The molecule has 0 aliphatic rings. The third-order valence-corrected chi connectivity index (χ3v) is 5.23. The van der Waals surface area contributed by atoms with Crippen LogP contribution in [-0.4, -0.2) is 19.9 Å². The molecule has 0 spiro atoms. The molecule has 1 N–H and O–H groups in total. The summed E-state index contributed by atoms with van der Waals surface area (Å²) in [5.41, 5.74) is 4.51. The maximum atomic E-state index is 12.6. The molecular weight excluding hydrogens is 413 g/mol. The quantitative estimate of drug-likeness (QED) is 0.412. The van der Waals surface area contributed by atoms with Gasteiger partial charge in [0.25, 0.3) is 0 Å². The minimum atomic E-state index is -4.43. The summed E-state index contributed by atoms with van der Waals surface area (Å²) in [6.07, 6.45) is 2.29. The number of H-pyrrole nitrogens is 1. The Labute approximate surface area is 176 Å². The second-order valence-electron chi connectivity index (χ2n) is 7.20. The van der Waals surface area contributed by atoms with Gasteiger partial charge >= 0.3 is 6.18 Å². The van der Waals surface area contributed by atoms with E-state index in [9.17, 15) is 13.2 Å². The highest BCUT2D eigenvalue weighted by Gasteiger charge is 2.31. The fraction of sp³-hybridized carbons (Fsp3) is 0.227. The summed E-state index contributed by atoms with van der Waals surface area (Å²) >= 11 is 6.41. The number of nitrogens with one attached hydrogen (secondary N) is 1. The van der Waals surface area contributed by atoms with Crippen molar-refractivity contribution in [3.63, 3.8) is 0 Å². The molecule has 154 valence electrons. The van der Waals surface area contributed by atoms with Gasteiger partial charge in [0.15, 0.2) is 0 Å². The van der Waals surface area contributed by atoms with Crippen molar-refractivity contribution in [2.24, 2.45) is 0 Å². The van der Waals surface area contributed by atoms with Crippen LogP contribution in [0.15, 0.2) is 48.9 Å². The van der Waals surface area contributed by atoms with Gasteiger partial charge in [-0.2, -0.15) is 13.2 Å². The number of pyridine rings is 3. The molecule has 0 bridgehead atoms. The second-order valence-corrected chi connectivity index (χ2v) is 7.56. The van der Waals surface area contributed by atoms with Crippen molar-refractivity contribution in [3.8, 4) is 0 Å². The summed E-state index contributed by atoms with van der Waals surface area (Å²) in [5.74, 6) is 0. The topological polar surface area (TPSA) is 54.5 Å². The van der Waals surface area contributed by atoms with E-state index in [0.717, 1.165) is 39.5 Å². The summed E-state index contributed by atoms with van der Waals surface area (Å²) in [5, 5.41) is 1.48. The Balaban J connectivity index is 1.44. The number of aromatic nitrogens is 4. The van der Waals surface area contributed by atoms with Crippen molar-refractivity contribution in [1.29, 1.82) is 0 Å². The molecule has 0 aliphatic carbocycles. The Kier molecular flexibility index (Phi) is 5.47. The van der Waals surface area contributed by atoms with Crippen LogP contribution in [0.3, 0.4) is 0 Å². The van der Waals surface area contributed by atoms with Crippen molar-refractivity contribution >= 4 is 22.6 Å². The van der Waals surface area contributed by atoms with Gasteiger partial charge in [0, 0.05) is 36.1 Å². The van der Waals surface area contributed by atoms with Crippen LogP contribution in [0.2, 0.25) is 5.15 Å². The number of hydrogen-bond donors (Lipinski definition) is 1. The number of halogens is 4. The van der Waals surface area contributed by atoms with Crippen LogP contribution in [0.5, 0.6) is 0 Å². The molecule has 4 aromatic rings. The normalized spacial score (nSPS) is 11.9. The number of aryl methyl sites for hydroxylation is 3. The van der Waals surface area contributed by atoms with Crippen molar-refractivity contribution in [2.45, 2.75) is 32.4 Å². The average Bonchev–Trinajstić information content (AvgIpc) is 3.10. The summed E-state index contributed by atoms with van der Waals surface area (Å²) in [4.78, 5) is 15.5. The fourth-order valence-corrected chi connectivity index (χ4v) is 3.54. The van der Waals surface area contributed by atoms with Crippen molar-refractivity contribution < 1.29 is 13.2 Å². The van der Waals surface area contributed by atoms with Crippen LogP contribution in [0.25, 0.3) is 11.0 Å². The Morgan fingerprint density at radius 2 is 1.83 bits per heavy atom. The lowest BCUT2D eigenvalue weighted by atomic mass is 10.0. The minimum absolute atomic E-state index is 0.424. The number of aromatic amines is 1. The van der Waals surface area contributed by atoms with E-state index in [2.05, 4.69) is 26.0 Å². The highest BCUT2D eigenvalue weighted by molar-refractivity contribution is 6.30. The summed E-state index contributed by atoms with van der Waals surface area (Å²) < 4.78 is 37.8. The summed E-state index contributed by atoms with van der Waals surface area (Å²) in [7, 11) is 0. The van der Waals surface area contributed by atoms with E-state index in [1.807, 2.05) is 31.5 Å². The van der Waals surface area contributed by atoms with Gasteiger partial charge < -0.3 is 4.98 Å². The first-order valence-corrected chi connectivity index (χ1v) is 9.76. The predicted molar refractivity (Wildman–Crippen MR) is 110 cm³/mol. The number of rotatable bonds is 5. The van der Waals surface area contributed by atoms with E-state index in [1.54, 1.807) is 0 Å². The van der Waals surface area contributed by atoms with Gasteiger partial charge in [-0.05, 0) is 60.2 Å². The molecule has 0 aliphatic heterocycles. The molecule has 0 aromatic carbocycles. The lowest BCUT2D eigenvalue weighted by Crippen LogP contribution is -2.08. The van der Waals surface area contributed by atoms with Crippen molar-refractivity contribution in [2.75, 3.05) is 0 Å². The zero-order valence-corrected chi connectivity index (χ0v) is 16.8. The van der Waals surface area contributed by atoms with Crippen LogP contribution < -0.4 is 0 Å². The standard InChI is InChI=1S/C22H18ClF3N4/c1-13-8-18-16(12-29-21(18)28-10-13)9-15-4-6-17(30-20(15)23)5-2-14-3-7-19(27-11-14)22(24,25)26/h3-4,6-8,10-12H,2,5,9H2,1H3,(H,28,29). The summed E-state index contributed by atoms with van der Waals surface area (Å²) in [6.45, 7) is 2.00. The molecule has 0 radical (unpaired) electrons. The highest BCUT2D eigenvalue weighted by atomic mass is 35.5. The Bertz CT molecular complexity index is 1180. The van der Waals surface area contributed by atoms with Gasteiger partial charge in [-0.1, -0.05) is 23.7 Å². The predicted octanol–water partition coefficient (Wildman–Crippen LogP) is 5.71. The number of hydrogen-bond acceptors (Lipinski definition) is 3. The highest BCUT2D eigenvalue weighted by Crippen LogP contribution is 2.27. The lowest BCUT2D eigenvalue weighted by Gasteiger charge is -2.08. The molecule has 4 rings (SSSR count). The van der Waals surface area contributed by atoms with Gasteiger partial charge in [0.1, 0.15) is 16.5 Å². The molecule has 4 heterocycles. The molecule has 30 heavy (non-hydrogen) atoms. The van der Waals surface area contributed by atoms with Crippen LogP contribution in [0, 0.1) is 6.92 Å². The Morgan fingerprint density at radius 1 is 1.00 bits per heavy atom. The maximum Gasteiger partial charge on any atom is 0.433 e. The molecular formula is C22H18ClF3N4. The van der Waals surface area contributed by atoms with Gasteiger partial charge in [-0.25, -0.2) is 9.97 Å². The molecule has 4 nitrogen and oxygen atoms in total. The van der Waals surface area contributed by atoms with E-state index in [-0.39, 0.29) is 0 Å². The van der Waals surface area contributed by atoms with E-state index in [0.29, 0.717) is 30.0 Å². The first kappa shape index (κ1) is 20.3. The zero-order chi connectivity index (χ0) is 21.3. The molecule has 0 fully saturated rings. The third kappa shape index (κ3) is 4.46. The van der Waals surface area contributed by atoms with E-state index < -0.39 is 11.9 Å². The Hall–Kier alpha value is -2.93. The van der Waals surface area contributed by atoms with Gasteiger partial charge in [-0.3, -0.25) is 4.98 Å². The van der Waals surface area contributed by atoms with Crippen molar-refractivity contribution in [3.05, 3.63) is 87.7 Å². The monoisotopic (exact) mass is 430 g/mol. The first-order valence-electron chi connectivity index (χ1n) is 9.38. The van der Waals surface area contributed by atoms with E-state index in [4.69, 9.17) is 11.6 Å². The van der Waals surface area contributed by atoms with E-state index >= 15 is 0 Å². The largest absolute Gasteiger partial charge is 0.433 e. The fourth-order valence-electron chi connectivity index (χ4n) is 3.30. The van der Waals surface area contributed by atoms with Gasteiger partial charge in [0.2, 0.25) is 0 Å². The molecule has 4 aromatic heterocycles. The zero-order valence-electron chi connectivity index (χ0n) is 16.1. The van der Waals surface area contributed by atoms with E-state index in [1.165, 1.54) is 12.3 Å². The first-order chi connectivity index (χ1) is 14.3. The smallest absolute Gasteiger partial charge is 0.346 e. The SMILES string of the molecule is Cc1cnc2[nH]cc(Cc3ccc(CCc4ccc(C(F)(F)F)nc4)nc3Cl)c2c1. The molecule has 0 saturated carbocycles. The number of alkyl halides is 3. The third-order valence-electron chi connectivity index (χ3n) is 4.90. The van der Waals surface area contributed by atoms with Crippen LogP contribution >= 0.6 is 11.6 Å². The van der Waals surface area contributed by atoms with Crippen molar-refractivity contribution in [1.82, 2.24) is 19.9 Å².